The number of carbonyl (C=O) groups excluding carboxylic acids is 1. The van der Waals surface area contributed by atoms with Crippen LogP contribution in [0.2, 0.25) is 5.02 Å². The summed E-state index contributed by atoms with van der Waals surface area (Å²) in [6.07, 6.45) is 0. The maximum absolute atomic E-state index is 14.5. The summed E-state index contributed by atoms with van der Waals surface area (Å²) in [6.45, 7) is 3.89. The summed E-state index contributed by atoms with van der Waals surface area (Å²) >= 11 is 7.26. The van der Waals surface area contributed by atoms with Crippen molar-refractivity contribution in [2.24, 2.45) is 0 Å². The molecule has 0 spiro atoms. The highest BCUT2D eigenvalue weighted by molar-refractivity contribution is 7.99. The third-order valence-corrected chi connectivity index (χ3v) is 6.01. The summed E-state index contributed by atoms with van der Waals surface area (Å²) < 4.78 is 16.3. The highest BCUT2D eigenvalue weighted by Gasteiger charge is 2.19. The molecule has 162 valence electrons. The zero-order chi connectivity index (χ0) is 22.7. The molecule has 0 aliphatic heterocycles. The van der Waals surface area contributed by atoms with Gasteiger partial charge < -0.3 is 5.32 Å². The van der Waals surface area contributed by atoms with Crippen molar-refractivity contribution in [2.75, 3.05) is 11.1 Å². The maximum atomic E-state index is 14.5. The summed E-state index contributed by atoms with van der Waals surface area (Å²) in [4.78, 5) is 12.6. The zero-order valence-electron chi connectivity index (χ0n) is 17.5. The average Bonchev–Trinajstić information content (AvgIpc) is 3.19. The van der Waals surface area contributed by atoms with Gasteiger partial charge in [0.15, 0.2) is 11.0 Å². The van der Waals surface area contributed by atoms with E-state index in [0.29, 0.717) is 27.3 Å². The number of benzene rings is 3. The monoisotopic (exact) mass is 466 g/mol. The Balaban J connectivity index is 1.62. The van der Waals surface area contributed by atoms with Gasteiger partial charge in [0.1, 0.15) is 5.82 Å². The molecule has 0 bridgehead atoms. The van der Waals surface area contributed by atoms with E-state index in [1.54, 1.807) is 34.9 Å². The van der Waals surface area contributed by atoms with Crippen LogP contribution in [-0.4, -0.2) is 26.4 Å². The van der Waals surface area contributed by atoms with Gasteiger partial charge in [-0.3, -0.25) is 9.36 Å². The van der Waals surface area contributed by atoms with Gasteiger partial charge in [-0.05, 0) is 55.8 Å². The molecule has 0 fully saturated rings. The zero-order valence-corrected chi connectivity index (χ0v) is 19.0. The highest BCUT2D eigenvalue weighted by atomic mass is 35.5. The number of halogens is 2. The van der Waals surface area contributed by atoms with Gasteiger partial charge in [-0.25, -0.2) is 4.39 Å². The number of aryl methyl sites for hydroxylation is 2. The van der Waals surface area contributed by atoms with Crippen LogP contribution >= 0.6 is 23.4 Å². The van der Waals surface area contributed by atoms with Crippen molar-refractivity contribution in [1.29, 1.82) is 0 Å². The van der Waals surface area contributed by atoms with Gasteiger partial charge in [0.2, 0.25) is 5.91 Å². The van der Waals surface area contributed by atoms with Gasteiger partial charge >= 0.3 is 0 Å². The number of rotatable bonds is 6. The van der Waals surface area contributed by atoms with Crippen LogP contribution in [0.15, 0.2) is 71.9 Å². The number of hydrogen-bond acceptors (Lipinski definition) is 4. The molecule has 4 rings (SSSR count). The molecule has 1 aromatic heterocycles. The lowest BCUT2D eigenvalue weighted by molar-refractivity contribution is -0.113. The van der Waals surface area contributed by atoms with Crippen LogP contribution in [0.1, 0.15) is 11.1 Å². The number of amides is 1. The molecule has 8 heteroatoms. The summed E-state index contributed by atoms with van der Waals surface area (Å²) in [6, 6.07) is 19.5. The highest BCUT2D eigenvalue weighted by Crippen LogP contribution is 2.30. The van der Waals surface area contributed by atoms with Gasteiger partial charge in [0.25, 0.3) is 0 Å². The second-order valence-electron chi connectivity index (χ2n) is 7.25. The predicted octanol–water partition coefficient (Wildman–Crippen LogP) is 6.07. The molecule has 0 saturated heterocycles. The third kappa shape index (κ3) is 4.84. The lowest BCUT2D eigenvalue weighted by atomic mass is 10.2. The Bertz CT molecular complexity index is 1270. The fourth-order valence-corrected chi connectivity index (χ4v) is 4.08. The number of nitrogens with one attached hydrogen (secondary N) is 1. The molecule has 0 atom stereocenters. The predicted molar refractivity (Wildman–Crippen MR) is 127 cm³/mol. The maximum Gasteiger partial charge on any atom is 0.234 e. The standard InChI is InChI=1S/C24H20ClFN4OS/c1-15-7-11-18(12-8-15)30-23(19-5-3-4-6-20(19)26)28-29-24(30)32-14-22(31)27-21-13-17(25)10-9-16(21)2/h3-13H,14H2,1-2H3,(H,27,31). The van der Waals surface area contributed by atoms with E-state index in [2.05, 4.69) is 15.5 Å². The first-order chi connectivity index (χ1) is 15.4. The van der Waals surface area contributed by atoms with Crippen molar-refractivity contribution in [1.82, 2.24) is 14.8 Å². The van der Waals surface area contributed by atoms with Gasteiger partial charge in [-0.15, -0.1) is 10.2 Å². The SMILES string of the molecule is Cc1ccc(-n2c(SCC(=O)Nc3cc(Cl)ccc3C)nnc2-c2ccccc2F)cc1. The molecule has 0 aliphatic carbocycles. The van der Waals surface area contributed by atoms with Crippen LogP contribution in [0.25, 0.3) is 17.1 Å². The normalized spacial score (nSPS) is 10.9. The number of anilines is 1. The fraction of sp³-hybridized carbons (Fsp3) is 0.125. The van der Waals surface area contributed by atoms with Crippen LogP contribution in [0.5, 0.6) is 0 Å². The summed E-state index contributed by atoms with van der Waals surface area (Å²) in [5, 5.41) is 12.4. The first kappa shape index (κ1) is 22.0. The largest absolute Gasteiger partial charge is 0.325 e. The molecule has 32 heavy (non-hydrogen) atoms. The molecule has 3 aromatic carbocycles. The van der Waals surface area contributed by atoms with E-state index in [4.69, 9.17) is 11.6 Å². The summed E-state index contributed by atoms with van der Waals surface area (Å²) in [5.74, 6) is -0.112. The minimum Gasteiger partial charge on any atom is -0.325 e. The van der Waals surface area contributed by atoms with Gasteiger partial charge in [0, 0.05) is 16.4 Å². The van der Waals surface area contributed by atoms with Crippen LogP contribution in [-0.2, 0) is 4.79 Å². The number of nitrogens with zero attached hydrogens (tertiary/aromatic N) is 3. The van der Waals surface area contributed by atoms with E-state index < -0.39 is 0 Å². The smallest absolute Gasteiger partial charge is 0.234 e. The molecule has 0 radical (unpaired) electrons. The molecule has 4 aromatic rings. The lowest BCUT2D eigenvalue weighted by Gasteiger charge is -2.12. The van der Waals surface area contributed by atoms with Crippen molar-refractivity contribution in [3.8, 4) is 17.1 Å². The molecular formula is C24H20ClFN4OS. The second-order valence-corrected chi connectivity index (χ2v) is 8.63. The van der Waals surface area contributed by atoms with Crippen LogP contribution in [0.4, 0.5) is 10.1 Å². The quantitative estimate of drug-likeness (QED) is 0.350. The van der Waals surface area contributed by atoms with E-state index in [-0.39, 0.29) is 17.5 Å². The van der Waals surface area contributed by atoms with Crippen LogP contribution < -0.4 is 5.32 Å². The van der Waals surface area contributed by atoms with Gasteiger partial charge in [-0.1, -0.05) is 59.3 Å². The van der Waals surface area contributed by atoms with Crippen LogP contribution in [0, 0.1) is 19.7 Å². The van der Waals surface area contributed by atoms with E-state index in [0.717, 1.165) is 16.8 Å². The van der Waals surface area contributed by atoms with Crippen molar-refractivity contribution >= 4 is 35.0 Å². The Labute approximate surface area is 194 Å². The van der Waals surface area contributed by atoms with E-state index >= 15 is 0 Å². The molecule has 1 amide bonds. The third-order valence-electron chi connectivity index (χ3n) is 4.85. The van der Waals surface area contributed by atoms with E-state index in [1.807, 2.05) is 44.2 Å². The first-order valence-corrected chi connectivity index (χ1v) is 11.2. The van der Waals surface area contributed by atoms with Crippen molar-refractivity contribution in [3.63, 3.8) is 0 Å². The van der Waals surface area contributed by atoms with Crippen molar-refractivity contribution < 1.29 is 9.18 Å². The fourth-order valence-electron chi connectivity index (χ4n) is 3.15. The van der Waals surface area contributed by atoms with Crippen molar-refractivity contribution in [2.45, 2.75) is 19.0 Å². The van der Waals surface area contributed by atoms with Gasteiger partial charge in [-0.2, -0.15) is 0 Å². The number of carbonyl (C=O) groups is 1. The Kier molecular flexibility index (Phi) is 6.58. The first-order valence-electron chi connectivity index (χ1n) is 9.88. The second kappa shape index (κ2) is 9.54. The molecular weight excluding hydrogens is 447 g/mol. The molecule has 5 nitrogen and oxygen atoms in total. The summed E-state index contributed by atoms with van der Waals surface area (Å²) in [5.41, 5.74) is 3.80. The Hall–Kier alpha value is -3.16. The van der Waals surface area contributed by atoms with E-state index in [1.165, 1.54) is 17.8 Å². The number of aromatic nitrogens is 3. The summed E-state index contributed by atoms with van der Waals surface area (Å²) in [7, 11) is 0. The topological polar surface area (TPSA) is 59.8 Å². The minimum absolute atomic E-state index is 0.104. The minimum atomic E-state index is -0.390. The molecule has 0 saturated carbocycles. The number of hydrogen-bond donors (Lipinski definition) is 1. The average molecular weight is 467 g/mol. The Morgan fingerprint density at radius 2 is 1.81 bits per heavy atom. The molecule has 0 unspecified atom stereocenters. The van der Waals surface area contributed by atoms with Crippen LogP contribution in [0.3, 0.4) is 0 Å². The molecule has 0 aliphatic rings. The van der Waals surface area contributed by atoms with Gasteiger partial charge in [0.05, 0.1) is 11.3 Å². The molecule has 1 heterocycles. The number of thioether (sulfide) groups is 1. The lowest BCUT2D eigenvalue weighted by Crippen LogP contribution is -2.15. The Morgan fingerprint density at radius 3 is 2.56 bits per heavy atom. The Morgan fingerprint density at radius 1 is 1.06 bits per heavy atom. The van der Waals surface area contributed by atoms with Crippen molar-refractivity contribution in [3.05, 3.63) is 88.7 Å². The van der Waals surface area contributed by atoms with E-state index in [9.17, 15) is 9.18 Å². The molecule has 1 N–H and O–H groups in total.